The normalized spacial score (nSPS) is 25.9. The maximum Gasteiger partial charge on any atom is 0.159 e. The summed E-state index contributed by atoms with van der Waals surface area (Å²) in [6, 6.07) is 0.369. The number of nitrogens with one attached hydrogen (secondary N) is 1. The van der Waals surface area contributed by atoms with E-state index in [4.69, 9.17) is 14.2 Å². The molecule has 11 unspecified atom stereocenters. The first-order chi connectivity index (χ1) is 20.7. The molecule has 1 aliphatic rings. The van der Waals surface area contributed by atoms with Crippen molar-refractivity contribution in [3.63, 3.8) is 0 Å². The lowest BCUT2D eigenvalue weighted by atomic mass is 9.81. The van der Waals surface area contributed by atoms with E-state index in [-0.39, 0.29) is 43.0 Å². The largest absolute Gasteiger partial charge is 0.392 e. The minimum atomic E-state index is -1.20. The van der Waals surface area contributed by atoms with E-state index in [9.17, 15) is 20.4 Å². The third-order valence-electron chi connectivity index (χ3n) is 9.49. The average Bonchev–Trinajstić information content (AvgIpc) is 2.97. The van der Waals surface area contributed by atoms with Gasteiger partial charge in [0, 0.05) is 43.3 Å². The molecule has 264 valence electrons. The summed E-state index contributed by atoms with van der Waals surface area (Å²) in [5.74, 6) is -0.466. The minimum absolute atomic E-state index is 0.0348. The Kier molecular flexibility index (Phi) is 20.3. The Labute approximate surface area is 269 Å². The third kappa shape index (κ3) is 14.2. The van der Waals surface area contributed by atoms with Gasteiger partial charge in [0.2, 0.25) is 0 Å². The van der Waals surface area contributed by atoms with Crippen molar-refractivity contribution in [3.8, 4) is 0 Å². The van der Waals surface area contributed by atoms with E-state index >= 15 is 0 Å². The zero-order valence-corrected chi connectivity index (χ0v) is 30.0. The second kappa shape index (κ2) is 21.5. The Hall–Kier alpha value is -0.400. The zero-order valence-electron chi connectivity index (χ0n) is 30.0. The third-order valence-corrected chi connectivity index (χ3v) is 9.49. The van der Waals surface area contributed by atoms with Gasteiger partial charge in [0.1, 0.15) is 6.23 Å². The van der Waals surface area contributed by atoms with Gasteiger partial charge in [-0.05, 0) is 71.5 Å². The quantitative estimate of drug-likeness (QED) is 0.0837. The monoisotopic (exact) mass is 634 g/mol. The Balaban J connectivity index is 2.85. The highest BCUT2D eigenvalue weighted by Crippen LogP contribution is 2.33. The first-order valence-corrected chi connectivity index (χ1v) is 17.4. The molecule has 5 N–H and O–H groups in total. The molecule has 0 saturated carbocycles. The lowest BCUT2D eigenvalue weighted by Crippen LogP contribution is -2.49. The Morgan fingerprint density at radius 3 is 2.14 bits per heavy atom. The second-order valence-corrected chi connectivity index (χ2v) is 14.2. The van der Waals surface area contributed by atoms with E-state index in [1.807, 2.05) is 32.6 Å². The van der Waals surface area contributed by atoms with Gasteiger partial charge in [0.25, 0.3) is 0 Å². The molecule has 1 fully saturated rings. The summed E-state index contributed by atoms with van der Waals surface area (Å²) < 4.78 is 19.0. The van der Waals surface area contributed by atoms with Crippen LogP contribution >= 0.6 is 0 Å². The Bertz CT molecular complexity index is 733. The molecule has 12 atom stereocenters. The van der Waals surface area contributed by atoms with Crippen molar-refractivity contribution in [2.24, 2.45) is 29.6 Å². The van der Waals surface area contributed by atoms with E-state index in [2.05, 4.69) is 58.9 Å². The highest BCUT2D eigenvalue weighted by molar-refractivity contribution is 4.85. The predicted octanol–water partition coefficient (Wildman–Crippen LogP) is 3.85. The van der Waals surface area contributed by atoms with Crippen LogP contribution in [0.5, 0.6) is 0 Å². The Morgan fingerprint density at radius 2 is 1.59 bits per heavy atom. The fraction of sp³-hybridized carbons (Fsp3) is 1.00. The van der Waals surface area contributed by atoms with Crippen molar-refractivity contribution >= 4 is 0 Å². The number of aliphatic hydroxyl groups is 4. The van der Waals surface area contributed by atoms with Gasteiger partial charge in [-0.3, -0.25) is 10.2 Å². The number of nitrogens with zero attached hydrogens (tertiary/aromatic N) is 2. The van der Waals surface area contributed by atoms with Gasteiger partial charge in [-0.15, -0.1) is 0 Å². The SMILES string of the molecule is CCCN(CO)CCCNC(O)C(C)[C@H](CC)OC(O)C(C)C(O)C(C)C(OC1CC(N(C)C)CC(C)O1)C(C)CC(C)C. The Morgan fingerprint density at radius 1 is 0.932 bits per heavy atom. The average molecular weight is 634 g/mol. The molecular weight excluding hydrogens is 562 g/mol. The van der Waals surface area contributed by atoms with E-state index in [0.29, 0.717) is 24.9 Å². The van der Waals surface area contributed by atoms with Crippen molar-refractivity contribution in [1.29, 1.82) is 0 Å². The smallest absolute Gasteiger partial charge is 0.159 e. The van der Waals surface area contributed by atoms with Crippen LogP contribution in [0.4, 0.5) is 0 Å². The lowest BCUT2D eigenvalue weighted by molar-refractivity contribution is -0.250. The van der Waals surface area contributed by atoms with Crippen molar-refractivity contribution in [2.45, 2.75) is 150 Å². The molecule has 1 rings (SSSR count). The number of ether oxygens (including phenoxy) is 3. The van der Waals surface area contributed by atoms with Crippen LogP contribution in [0.3, 0.4) is 0 Å². The number of hydrogen-bond acceptors (Lipinski definition) is 10. The molecule has 0 aromatic rings. The molecule has 10 heteroatoms. The summed E-state index contributed by atoms with van der Waals surface area (Å²) in [7, 11) is 4.18. The summed E-state index contributed by atoms with van der Waals surface area (Å²) >= 11 is 0. The first kappa shape index (κ1) is 41.6. The van der Waals surface area contributed by atoms with Crippen molar-refractivity contribution in [2.75, 3.05) is 40.5 Å². The highest BCUT2D eigenvalue weighted by atomic mass is 16.7. The van der Waals surface area contributed by atoms with Crippen LogP contribution in [0.1, 0.15) is 101 Å². The first-order valence-electron chi connectivity index (χ1n) is 17.4. The van der Waals surface area contributed by atoms with Gasteiger partial charge < -0.3 is 39.5 Å². The molecule has 0 bridgehead atoms. The fourth-order valence-corrected chi connectivity index (χ4v) is 6.66. The highest BCUT2D eigenvalue weighted by Gasteiger charge is 2.40. The molecule has 44 heavy (non-hydrogen) atoms. The standard InChI is InChI=1S/C34H71N3O7/c1-12-16-37(21-38)17-14-15-35-33(40)25(7)29(13-2)43-34(41)27(9)31(39)26(8)32(23(5)18-22(3)4)44-30-20-28(36(10)11)19-24(6)42-30/h22-35,38-41H,12-21H2,1-11H3/t23?,24?,25?,26?,27?,28?,29-,30?,31?,32?,33?,34?/m0/s1. The van der Waals surface area contributed by atoms with Gasteiger partial charge in [-0.2, -0.15) is 0 Å². The predicted molar refractivity (Wildman–Crippen MR) is 177 cm³/mol. The molecule has 0 aliphatic carbocycles. The molecule has 10 nitrogen and oxygen atoms in total. The summed E-state index contributed by atoms with van der Waals surface area (Å²) in [5, 5.41) is 46.1. The molecule has 0 radical (unpaired) electrons. The number of hydrogen-bond donors (Lipinski definition) is 5. The van der Waals surface area contributed by atoms with Crippen molar-refractivity contribution in [1.82, 2.24) is 15.1 Å². The van der Waals surface area contributed by atoms with E-state index in [0.717, 1.165) is 45.2 Å². The minimum Gasteiger partial charge on any atom is -0.392 e. The molecular formula is C34H71N3O7. The van der Waals surface area contributed by atoms with Gasteiger partial charge >= 0.3 is 0 Å². The molecule has 1 heterocycles. The van der Waals surface area contributed by atoms with Gasteiger partial charge in [-0.25, -0.2) is 0 Å². The molecule has 1 aliphatic heterocycles. The molecule has 0 amide bonds. The van der Waals surface area contributed by atoms with Crippen LogP contribution < -0.4 is 5.32 Å². The maximum absolute atomic E-state index is 11.6. The van der Waals surface area contributed by atoms with Gasteiger partial charge in [-0.1, -0.05) is 55.4 Å². The van der Waals surface area contributed by atoms with Crippen LogP contribution in [-0.2, 0) is 14.2 Å². The number of rotatable bonds is 23. The molecule has 1 saturated heterocycles. The van der Waals surface area contributed by atoms with Gasteiger partial charge in [0.05, 0.1) is 31.1 Å². The molecule has 0 spiro atoms. The van der Waals surface area contributed by atoms with Crippen LogP contribution in [-0.4, -0.2) is 120 Å². The van der Waals surface area contributed by atoms with E-state index < -0.39 is 30.6 Å². The lowest BCUT2D eigenvalue weighted by Gasteiger charge is -2.42. The molecule has 0 aromatic carbocycles. The summed E-state index contributed by atoms with van der Waals surface area (Å²) in [6.07, 6.45) is 1.25. The van der Waals surface area contributed by atoms with Crippen molar-refractivity contribution in [3.05, 3.63) is 0 Å². The summed E-state index contributed by atoms with van der Waals surface area (Å²) in [5.41, 5.74) is 0. The number of aliphatic hydroxyl groups excluding tert-OH is 4. The van der Waals surface area contributed by atoms with Gasteiger partial charge in [0.15, 0.2) is 12.6 Å². The van der Waals surface area contributed by atoms with E-state index in [1.165, 1.54) is 0 Å². The second-order valence-electron chi connectivity index (χ2n) is 14.2. The zero-order chi connectivity index (χ0) is 33.6. The van der Waals surface area contributed by atoms with E-state index in [1.54, 1.807) is 0 Å². The summed E-state index contributed by atoms with van der Waals surface area (Å²) in [6.45, 7) is 20.7. The summed E-state index contributed by atoms with van der Waals surface area (Å²) in [4.78, 5) is 4.20. The van der Waals surface area contributed by atoms with Crippen LogP contribution in [0.2, 0.25) is 0 Å². The fourth-order valence-electron chi connectivity index (χ4n) is 6.66. The van der Waals surface area contributed by atoms with Crippen LogP contribution in [0.15, 0.2) is 0 Å². The topological polar surface area (TPSA) is 127 Å². The van der Waals surface area contributed by atoms with Crippen molar-refractivity contribution < 1.29 is 34.6 Å². The van der Waals surface area contributed by atoms with Crippen LogP contribution in [0, 0.1) is 29.6 Å². The molecule has 0 aromatic heterocycles. The van der Waals surface area contributed by atoms with Crippen LogP contribution in [0.25, 0.3) is 0 Å². The maximum atomic E-state index is 11.6.